The molecule has 0 saturated heterocycles. The van der Waals surface area contributed by atoms with Crippen LogP contribution in [0.1, 0.15) is 25.1 Å². The van der Waals surface area contributed by atoms with Crippen molar-refractivity contribution in [2.45, 2.75) is 32.7 Å². The first kappa shape index (κ1) is 17.1. The number of anilines is 1. The highest BCUT2D eigenvalue weighted by Gasteiger charge is 2.10. The van der Waals surface area contributed by atoms with Gasteiger partial charge in [0.1, 0.15) is 5.82 Å². The van der Waals surface area contributed by atoms with Crippen molar-refractivity contribution < 1.29 is 9.47 Å². The first-order valence-electron chi connectivity index (χ1n) is 8.67. The quantitative estimate of drug-likeness (QED) is 0.478. The number of benzene rings is 1. The number of nitrogens with zero attached hydrogens (tertiary/aromatic N) is 3. The molecule has 0 saturated carbocycles. The molecule has 0 radical (unpaired) electrons. The minimum atomic E-state index is 0.410. The third-order valence-corrected chi connectivity index (χ3v) is 4.03. The van der Waals surface area contributed by atoms with E-state index in [4.69, 9.17) is 15.2 Å². The second-order valence-corrected chi connectivity index (χ2v) is 5.98. The number of fused-ring (bicyclic) bond motifs is 1. The van der Waals surface area contributed by atoms with Crippen molar-refractivity contribution in [2.75, 3.05) is 25.1 Å². The van der Waals surface area contributed by atoms with Gasteiger partial charge in [0.25, 0.3) is 0 Å². The Kier molecular flexibility index (Phi) is 5.77. The van der Waals surface area contributed by atoms with Gasteiger partial charge in [0, 0.05) is 43.7 Å². The highest BCUT2D eigenvalue weighted by molar-refractivity contribution is 5.92. The number of nitrogens with two attached hydrogens (primary N) is 1. The van der Waals surface area contributed by atoms with Crippen LogP contribution in [0.25, 0.3) is 0 Å². The van der Waals surface area contributed by atoms with Crippen molar-refractivity contribution in [2.24, 2.45) is 10.7 Å². The third-order valence-electron chi connectivity index (χ3n) is 4.03. The molecule has 7 heteroatoms. The number of hydrogen-bond acceptors (Lipinski definition) is 4. The molecule has 1 aliphatic heterocycles. The van der Waals surface area contributed by atoms with E-state index in [1.807, 2.05) is 37.5 Å². The maximum atomic E-state index is 5.97. The smallest absolute Gasteiger partial charge is 0.193 e. The largest absolute Gasteiger partial charge is 0.490 e. The Morgan fingerprint density at radius 3 is 2.92 bits per heavy atom. The van der Waals surface area contributed by atoms with E-state index in [0.29, 0.717) is 25.7 Å². The number of aromatic nitrogens is 2. The van der Waals surface area contributed by atoms with E-state index in [0.717, 1.165) is 48.8 Å². The lowest BCUT2D eigenvalue weighted by molar-refractivity contribution is 0.297. The molecule has 0 aliphatic carbocycles. The monoisotopic (exact) mass is 343 g/mol. The van der Waals surface area contributed by atoms with Gasteiger partial charge in [0.15, 0.2) is 17.5 Å². The van der Waals surface area contributed by atoms with Crippen molar-refractivity contribution in [1.29, 1.82) is 0 Å². The summed E-state index contributed by atoms with van der Waals surface area (Å²) in [5.41, 5.74) is 6.81. The molecule has 7 nitrogen and oxygen atoms in total. The molecule has 0 bridgehead atoms. The van der Waals surface area contributed by atoms with Gasteiger partial charge in [-0.15, -0.1) is 0 Å². The van der Waals surface area contributed by atoms with E-state index in [9.17, 15) is 0 Å². The first-order chi connectivity index (χ1) is 12.2. The number of rotatable bonds is 6. The second-order valence-electron chi connectivity index (χ2n) is 5.98. The maximum absolute atomic E-state index is 5.97. The van der Waals surface area contributed by atoms with Gasteiger partial charge in [0.2, 0.25) is 0 Å². The Morgan fingerprint density at radius 2 is 2.12 bits per heavy atom. The SMILES string of the molecule is Cc1nccn1CCCCN=C(N)Nc1ccc2c(c1)OCCCO2. The Labute approximate surface area is 147 Å². The Morgan fingerprint density at radius 1 is 1.28 bits per heavy atom. The van der Waals surface area contributed by atoms with E-state index >= 15 is 0 Å². The van der Waals surface area contributed by atoms with Gasteiger partial charge < -0.3 is 25.1 Å². The van der Waals surface area contributed by atoms with Crippen LogP contribution in [0.5, 0.6) is 11.5 Å². The van der Waals surface area contributed by atoms with Crippen LogP contribution in [0.2, 0.25) is 0 Å². The van der Waals surface area contributed by atoms with Crippen molar-refractivity contribution in [3.05, 3.63) is 36.4 Å². The molecule has 3 rings (SSSR count). The second kappa shape index (κ2) is 8.41. The Balaban J connectivity index is 1.45. The molecule has 0 atom stereocenters. The molecule has 1 aromatic heterocycles. The Bertz CT molecular complexity index is 726. The van der Waals surface area contributed by atoms with Crippen LogP contribution in [0, 0.1) is 6.92 Å². The standard InChI is InChI=1S/C18H25N5O2/c1-14-20-8-10-23(14)9-3-2-7-21-18(19)22-15-5-6-16-17(13-15)25-12-4-11-24-16/h5-6,8,10,13H,2-4,7,9,11-12H2,1H3,(H3,19,21,22). The van der Waals surface area contributed by atoms with E-state index in [1.54, 1.807) is 0 Å². The molecule has 0 fully saturated rings. The lowest BCUT2D eigenvalue weighted by Gasteiger charge is -2.10. The molecule has 2 heterocycles. The van der Waals surface area contributed by atoms with Gasteiger partial charge in [0.05, 0.1) is 13.2 Å². The van der Waals surface area contributed by atoms with Crippen molar-refractivity contribution in [3.8, 4) is 11.5 Å². The van der Waals surface area contributed by atoms with Crippen LogP contribution < -0.4 is 20.5 Å². The zero-order chi connectivity index (χ0) is 17.5. The fourth-order valence-corrected chi connectivity index (χ4v) is 2.66. The first-order valence-corrected chi connectivity index (χ1v) is 8.67. The van der Waals surface area contributed by atoms with Crippen LogP contribution >= 0.6 is 0 Å². The lowest BCUT2D eigenvalue weighted by Crippen LogP contribution is -2.22. The fraction of sp³-hybridized carbons (Fsp3) is 0.444. The fourth-order valence-electron chi connectivity index (χ4n) is 2.66. The van der Waals surface area contributed by atoms with E-state index in [-0.39, 0.29) is 0 Å². The summed E-state index contributed by atoms with van der Waals surface area (Å²) < 4.78 is 13.4. The number of ether oxygens (including phenoxy) is 2. The van der Waals surface area contributed by atoms with Crippen LogP contribution in [0.4, 0.5) is 5.69 Å². The van der Waals surface area contributed by atoms with E-state index < -0.39 is 0 Å². The molecule has 25 heavy (non-hydrogen) atoms. The molecule has 0 amide bonds. The minimum absolute atomic E-state index is 0.410. The summed E-state index contributed by atoms with van der Waals surface area (Å²) in [6, 6.07) is 5.70. The lowest BCUT2D eigenvalue weighted by atomic mass is 10.3. The maximum Gasteiger partial charge on any atom is 0.193 e. The zero-order valence-electron chi connectivity index (χ0n) is 14.6. The number of aryl methyl sites for hydroxylation is 2. The third kappa shape index (κ3) is 4.89. The molecule has 1 aromatic carbocycles. The Hall–Kier alpha value is -2.70. The molecular formula is C18H25N5O2. The van der Waals surface area contributed by atoms with Gasteiger partial charge in [-0.05, 0) is 31.9 Å². The summed E-state index contributed by atoms with van der Waals surface area (Å²) in [4.78, 5) is 8.59. The van der Waals surface area contributed by atoms with E-state index in [2.05, 4.69) is 19.9 Å². The molecule has 2 aromatic rings. The number of aliphatic imine (C=N–C) groups is 1. The summed E-state index contributed by atoms with van der Waals surface area (Å²) in [5, 5.41) is 3.10. The highest BCUT2D eigenvalue weighted by atomic mass is 16.5. The van der Waals surface area contributed by atoms with Gasteiger partial charge in [-0.3, -0.25) is 4.99 Å². The molecular weight excluding hydrogens is 318 g/mol. The van der Waals surface area contributed by atoms with Crippen LogP contribution in [-0.4, -0.2) is 35.3 Å². The van der Waals surface area contributed by atoms with Gasteiger partial charge in [-0.25, -0.2) is 4.98 Å². The summed E-state index contributed by atoms with van der Waals surface area (Å²) in [6.45, 7) is 5.00. The van der Waals surface area contributed by atoms with Crippen molar-refractivity contribution >= 4 is 11.6 Å². The summed E-state index contributed by atoms with van der Waals surface area (Å²) in [5.74, 6) is 2.96. The molecule has 0 unspecified atom stereocenters. The number of guanidine groups is 1. The topological polar surface area (TPSA) is 86.7 Å². The summed E-state index contributed by atoms with van der Waals surface area (Å²) in [6.07, 6.45) is 6.72. The number of nitrogens with one attached hydrogen (secondary N) is 1. The van der Waals surface area contributed by atoms with E-state index in [1.165, 1.54) is 0 Å². The average Bonchev–Trinajstić information content (AvgIpc) is 2.87. The summed E-state index contributed by atoms with van der Waals surface area (Å²) >= 11 is 0. The number of unbranched alkanes of at least 4 members (excludes halogenated alkanes) is 1. The highest BCUT2D eigenvalue weighted by Crippen LogP contribution is 2.32. The minimum Gasteiger partial charge on any atom is -0.490 e. The average molecular weight is 343 g/mol. The van der Waals surface area contributed by atoms with Crippen LogP contribution in [0.15, 0.2) is 35.6 Å². The predicted molar refractivity (Wildman–Crippen MR) is 98.4 cm³/mol. The zero-order valence-corrected chi connectivity index (χ0v) is 14.6. The van der Waals surface area contributed by atoms with Crippen LogP contribution in [0.3, 0.4) is 0 Å². The van der Waals surface area contributed by atoms with Crippen molar-refractivity contribution in [1.82, 2.24) is 9.55 Å². The van der Waals surface area contributed by atoms with Gasteiger partial charge in [-0.2, -0.15) is 0 Å². The molecule has 1 aliphatic rings. The van der Waals surface area contributed by atoms with Gasteiger partial charge in [-0.1, -0.05) is 0 Å². The predicted octanol–water partition coefficient (Wildman–Crippen LogP) is 2.56. The van der Waals surface area contributed by atoms with Gasteiger partial charge >= 0.3 is 0 Å². The normalized spacial score (nSPS) is 14.2. The number of hydrogen-bond donors (Lipinski definition) is 2. The molecule has 0 spiro atoms. The summed E-state index contributed by atoms with van der Waals surface area (Å²) in [7, 11) is 0. The molecule has 134 valence electrons. The van der Waals surface area contributed by atoms with Crippen molar-refractivity contribution in [3.63, 3.8) is 0 Å². The number of imidazole rings is 1. The molecule has 3 N–H and O–H groups in total. The van der Waals surface area contributed by atoms with Crippen LogP contribution in [-0.2, 0) is 6.54 Å².